The molecule has 0 radical (unpaired) electrons. The summed E-state index contributed by atoms with van der Waals surface area (Å²) in [6, 6.07) is 9.76. The SMILES string of the molecule is O=C(Cl)/C=C/Sc1ccccc1. The number of thioether (sulfide) groups is 1. The fourth-order valence-electron chi connectivity index (χ4n) is 0.665. The van der Waals surface area contributed by atoms with Crippen LogP contribution in [0.1, 0.15) is 0 Å². The van der Waals surface area contributed by atoms with Gasteiger partial charge in [0.15, 0.2) is 0 Å². The van der Waals surface area contributed by atoms with Crippen molar-refractivity contribution in [1.82, 2.24) is 0 Å². The third-order valence-corrected chi connectivity index (χ3v) is 2.09. The maximum Gasteiger partial charge on any atom is 0.245 e. The van der Waals surface area contributed by atoms with Crippen LogP contribution in [0.4, 0.5) is 0 Å². The van der Waals surface area contributed by atoms with Crippen LogP contribution in [-0.2, 0) is 4.79 Å². The molecule has 1 rings (SSSR count). The standard InChI is InChI=1S/C9H7ClOS/c10-9(11)6-7-12-8-4-2-1-3-5-8/h1-7H/b7-6+. The van der Waals surface area contributed by atoms with Crippen molar-refractivity contribution < 1.29 is 4.79 Å². The van der Waals surface area contributed by atoms with Gasteiger partial charge >= 0.3 is 0 Å². The molecule has 0 unspecified atom stereocenters. The predicted molar refractivity (Wildman–Crippen MR) is 52.3 cm³/mol. The van der Waals surface area contributed by atoms with Crippen molar-refractivity contribution >= 4 is 28.6 Å². The molecule has 0 saturated heterocycles. The second kappa shape index (κ2) is 5.01. The van der Waals surface area contributed by atoms with Crippen molar-refractivity contribution in [2.75, 3.05) is 0 Å². The highest BCUT2D eigenvalue weighted by Crippen LogP contribution is 2.17. The molecule has 0 aliphatic carbocycles. The van der Waals surface area contributed by atoms with Crippen LogP contribution in [0, 0.1) is 0 Å². The Bertz CT molecular complexity index is 282. The summed E-state index contributed by atoms with van der Waals surface area (Å²) < 4.78 is 0. The molecule has 0 saturated carbocycles. The van der Waals surface area contributed by atoms with Gasteiger partial charge in [-0.15, -0.1) is 0 Å². The first kappa shape index (κ1) is 9.36. The molecule has 0 bridgehead atoms. The van der Waals surface area contributed by atoms with Crippen molar-refractivity contribution in [2.45, 2.75) is 4.90 Å². The number of carbonyl (C=O) groups is 1. The van der Waals surface area contributed by atoms with E-state index in [0.717, 1.165) is 4.90 Å². The van der Waals surface area contributed by atoms with Crippen LogP contribution in [0.2, 0.25) is 0 Å². The molecule has 0 fully saturated rings. The van der Waals surface area contributed by atoms with E-state index in [-0.39, 0.29) is 0 Å². The van der Waals surface area contributed by atoms with Crippen molar-refractivity contribution in [3.8, 4) is 0 Å². The van der Waals surface area contributed by atoms with Crippen LogP contribution < -0.4 is 0 Å². The van der Waals surface area contributed by atoms with Gasteiger partial charge in [0.2, 0.25) is 5.24 Å². The topological polar surface area (TPSA) is 17.1 Å². The van der Waals surface area contributed by atoms with E-state index < -0.39 is 5.24 Å². The maximum atomic E-state index is 10.3. The molecule has 0 spiro atoms. The normalized spacial score (nSPS) is 10.4. The molecule has 1 aromatic carbocycles. The Morgan fingerprint density at radius 2 is 2.00 bits per heavy atom. The van der Waals surface area contributed by atoms with Crippen molar-refractivity contribution in [2.24, 2.45) is 0 Å². The average molecular weight is 199 g/mol. The van der Waals surface area contributed by atoms with E-state index in [0.29, 0.717) is 0 Å². The summed E-state index contributed by atoms with van der Waals surface area (Å²) in [6.45, 7) is 0. The fraction of sp³-hybridized carbons (Fsp3) is 0. The van der Waals surface area contributed by atoms with E-state index in [9.17, 15) is 4.79 Å². The van der Waals surface area contributed by atoms with Gasteiger partial charge in [-0.25, -0.2) is 0 Å². The minimum atomic E-state index is -0.446. The zero-order valence-electron chi connectivity index (χ0n) is 6.24. The van der Waals surface area contributed by atoms with Crippen LogP contribution >= 0.6 is 23.4 Å². The first-order chi connectivity index (χ1) is 5.79. The molecule has 0 aliphatic rings. The lowest BCUT2D eigenvalue weighted by atomic mass is 10.4. The number of rotatable bonds is 3. The monoisotopic (exact) mass is 198 g/mol. The molecule has 0 aliphatic heterocycles. The fourth-order valence-corrected chi connectivity index (χ4v) is 1.47. The lowest BCUT2D eigenvalue weighted by Gasteiger charge is -1.91. The third kappa shape index (κ3) is 3.60. The van der Waals surface area contributed by atoms with Crippen LogP contribution in [-0.4, -0.2) is 5.24 Å². The number of benzene rings is 1. The molecule has 0 N–H and O–H groups in total. The maximum absolute atomic E-state index is 10.3. The number of hydrogen-bond acceptors (Lipinski definition) is 2. The Kier molecular flexibility index (Phi) is 3.91. The summed E-state index contributed by atoms with van der Waals surface area (Å²) in [5.41, 5.74) is 0. The summed E-state index contributed by atoms with van der Waals surface area (Å²) >= 11 is 6.57. The summed E-state index contributed by atoms with van der Waals surface area (Å²) in [4.78, 5) is 11.4. The summed E-state index contributed by atoms with van der Waals surface area (Å²) in [7, 11) is 0. The van der Waals surface area contributed by atoms with E-state index in [4.69, 9.17) is 11.6 Å². The summed E-state index contributed by atoms with van der Waals surface area (Å²) in [5.74, 6) is 0. The number of hydrogen-bond donors (Lipinski definition) is 0. The van der Waals surface area contributed by atoms with Crippen molar-refractivity contribution in [3.05, 3.63) is 41.8 Å². The van der Waals surface area contributed by atoms with Crippen LogP contribution in [0.3, 0.4) is 0 Å². The first-order valence-electron chi connectivity index (χ1n) is 3.37. The zero-order valence-corrected chi connectivity index (χ0v) is 7.81. The quantitative estimate of drug-likeness (QED) is 0.422. The largest absolute Gasteiger partial charge is 0.276 e. The Morgan fingerprint density at radius 3 is 2.58 bits per heavy atom. The Hall–Kier alpha value is -0.730. The van der Waals surface area contributed by atoms with Gasteiger partial charge in [-0.2, -0.15) is 0 Å². The molecule has 3 heteroatoms. The molecule has 1 aromatic rings. The molecule has 62 valence electrons. The van der Waals surface area contributed by atoms with Gasteiger partial charge in [0.1, 0.15) is 0 Å². The minimum absolute atomic E-state index is 0.446. The Morgan fingerprint density at radius 1 is 1.33 bits per heavy atom. The van der Waals surface area contributed by atoms with Gasteiger partial charge in [0.25, 0.3) is 0 Å². The third-order valence-electron chi connectivity index (χ3n) is 1.15. The van der Waals surface area contributed by atoms with E-state index in [1.807, 2.05) is 30.3 Å². The molecule has 1 nitrogen and oxygen atoms in total. The number of halogens is 1. The molecule has 0 aromatic heterocycles. The van der Waals surface area contributed by atoms with Gasteiger partial charge in [-0.05, 0) is 29.1 Å². The molecule has 0 amide bonds. The first-order valence-corrected chi connectivity index (χ1v) is 4.62. The Labute approximate surface area is 80.4 Å². The average Bonchev–Trinajstić information content (AvgIpc) is 2.05. The molecule has 12 heavy (non-hydrogen) atoms. The second-order valence-electron chi connectivity index (χ2n) is 2.04. The summed E-state index contributed by atoms with van der Waals surface area (Å²) in [6.07, 6.45) is 1.33. The predicted octanol–water partition coefficient (Wildman–Crippen LogP) is 3.06. The lowest BCUT2D eigenvalue weighted by Crippen LogP contribution is -1.72. The van der Waals surface area contributed by atoms with Gasteiger partial charge in [-0.3, -0.25) is 4.79 Å². The number of allylic oxidation sites excluding steroid dienone is 1. The lowest BCUT2D eigenvalue weighted by molar-refractivity contribution is -0.107. The molecule has 0 atom stereocenters. The molecule has 0 heterocycles. The zero-order chi connectivity index (χ0) is 8.81. The molecular weight excluding hydrogens is 192 g/mol. The highest BCUT2D eigenvalue weighted by atomic mass is 35.5. The van der Waals surface area contributed by atoms with E-state index in [1.54, 1.807) is 5.41 Å². The van der Waals surface area contributed by atoms with E-state index in [1.165, 1.54) is 17.8 Å². The van der Waals surface area contributed by atoms with E-state index in [2.05, 4.69) is 0 Å². The van der Waals surface area contributed by atoms with Gasteiger partial charge in [-0.1, -0.05) is 30.0 Å². The van der Waals surface area contributed by atoms with Crippen LogP contribution in [0.25, 0.3) is 0 Å². The van der Waals surface area contributed by atoms with E-state index >= 15 is 0 Å². The second-order valence-corrected chi connectivity index (χ2v) is 3.39. The molecular formula is C9H7ClOS. The Balaban J connectivity index is 2.49. The van der Waals surface area contributed by atoms with Gasteiger partial charge < -0.3 is 0 Å². The van der Waals surface area contributed by atoms with Crippen molar-refractivity contribution in [3.63, 3.8) is 0 Å². The highest BCUT2D eigenvalue weighted by molar-refractivity contribution is 8.02. The van der Waals surface area contributed by atoms with Crippen LogP contribution in [0.15, 0.2) is 46.7 Å². The summed E-state index contributed by atoms with van der Waals surface area (Å²) in [5, 5.41) is 1.23. The smallest absolute Gasteiger partial charge is 0.245 e. The number of carbonyl (C=O) groups excluding carboxylic acids is 1. The van der Waals surface area contributed by atoms with Crippen LogP contribution in [0.5, 0.6) is 0 Å². The van der Waals surface area contributed by atoms with Gasteiger partial charge in [0.05, 0.1) is 0 Å². The minimum Gasteiger partial charge on any atom is -0.276 e. The highest BCUT2D eigenvalue weighted by Gasteiger charge is 1.88. The van der Waals surface area contributed by atoms with Crippen molar-refractivity contribution in [1.29, 1.82) is 0 Å². The van der Waals surface area contributed by atoms with Gasteiger partial charge in [0, 0.05) is 11.0 Å².